The van der Waals surface area contributed by atoms with Crippen LogP contribution in [0.3, 0.4) is 0 Å². The number of hydrogen-bond donors (Lipinski definition) is 0. The lowest BCUT2D eigenvalue weighted by atomic mass is 9.79. The normalized spacial score (nSPS) is 32.1. The standard InChI is InChI=1S/C22H42O/c1-3-5-6-8-20-14-16-22(17-15-20)23-18-7-9-21-12-10-19(4-2)11-13-21/h19-22H,3-18H2,1-2H3/t19-,20-,21-,22-. The Kier molecular flexibility index (Phi) is 9.65. The average Bonchev–Trinajstić information content (AvgIpc) is 2.61. The smallest absolute Gasteiger partial charge is 0.0575 e. The second kappa shape index (κ2) is 11.5. The number of hydrogen-bond acceptors (Lipinski definition) is 1. The highest BCUT2D eigenvalue weighted by Crippen LogP contribution is 2.33. The van der Waals surface area contributed by atoms with Gasteiger partial charge in [-0.25, -0.2) is 0 Å². The van der Waals surface area contributed by atoms with Gasteiger partial charge < -0.3 is 4.74 Å². The number of unbranched alkanes of at least 4 members (excludes halogenated alkanes) is 2. The maximum absolute atomic E-state index is 6.19. The van der Waals surface area contributed by atoms with Crippen LogP contribution in [0.25, 0.3) is 0 Å². The van der Waals surface area contributed by atoms with Crippen molar-refractivity contribution in [1.29, 1.82) is 0 Å². The first kappa shape index (κ1) is 19.3. The van der Waals surface area contributed by atoms with E-state index in [4.69, 9.17) is 4.74 Å². The van der Waals surface area contributed by atoms with E-state index in [0.717, 1.165) is 24.4 Å². The van der Waals surface area contributed by atoms with Crippen LogP contribution in [0.4, 0.5) is 0 Å². The third-order valence-electron chi connectivity index (χ3n) is 6.66. The predicted octanol–water partition coefficient (Wildman–Crippen LogP) is 7.14. The van der Waals surface area contributed by atoms with E-state index in [1.54, 1.807) is 0 Å². The van der Waals surface area contributed by atoms with E-state index in [-0.39, 0.29) is 0 Å². The molecule has 2 fully saturated rings. The molecule has 0 aliphatic heterocycles. The van der Waals surface area contributed by atoms with Gasteiger partial charge in [0, 0.05) is 6.61 Å². The average molecular weight is 323 g/mol. The second-order valence-corrected chi connectivity index (χ2v) is 8.45. The zero-order chi connectivity index (χ0) is 16.3. The van der Waals surface area contributed by atoms with Crippen LogP contribution in [0.15, 0.2) is 0 Å². The molecule has 0 heterocycles. The summed E-state index contributed by atoms with van der Waals surface area (Å²) in [6.45, 7) is 5.69. The fourth-order valence-corrected chi connectivity index (χ4v) is 4.82. The van der Waals surface area contributed by atoms with Gasteiger partial charge in [-0.1, -0.05) is 71.6 Å². The molecule has 2 aliphatic rings. The summed E-state index contributed by atoms with van der Waals surface area (Å²) in [5.41, 5.74) is 0. The van der Waals surface area contributed by atoms with Gasteiger partial charge >= 0.3 is 0 Å². The van der Waals surface area contributed by atoms with Gasteiger partial charge in [0.05, 0.1) is 6.10 Å². The van der Waals surface area contributed by atoms with E-state index >= 15 is 0 Å². The molecular formula is C22H42O. The Bertz CT molecular complexity index is 272. The van der Waals surface area contributed by atoms with Crippen LogP contribution in [0.1, 0.15) is 110 Å². The maximum atomic E-state index is 6.19. The maximum Gasteiger partial charge on any atom is 0.0575 e. The van der Waals surface area contributed by atoms with Crippen LogP contribution in [-0.4, -0.2) is 12.7 Å². The lowest BCUT2D eigenvalue weighted by Crippen LogP contribution is -2.22. The fraction of sp³-hybridized carbons (Fsp3) is 1.00. The van der Waals surface area contributed by atoms with Crippen molar-refractivity contribution >= 4 is 0 Å². The molecule has 0 saturated heterocycles. The van der Waals surface area contributed by atoms with Crippen LogP contribution in [0.2, 0.25) is 0 Å². The van der Waals surface area contributed by atoms with Crippen molar-refractivity contribution < 1.29 is 4.74 Å². The van der Waals surface area contributed by atoms with Gasteiger partial charge in [0.2, 0.25) is 0 Å². The first-order valence-electron chi connectivity index (χ1n) is 10.9. The lowest BCUT2D eigenvalue weighted by molar-refractivity contribution is 0.0132. The lowest BCUT2D eigenvalue weighted by Gasteiger charge is -2.29. The third-order valence-corrected chi connectivity index (χ3v) is 6.66. The van der Waals surface area contributed by atoms with E-state index in [2.05, 4.69) is 13.8 Å². The fourth-order valence-electron chi connectivity index (χ4n) is 4.82. The minimum atomic E-state index is 0.591. The summed E-state index contributed by atoms with van der Waals surface area (Å²) in [6.07, 6.45) is 21.9. The van der Waals surface area contributed by atoms with Gasteiger partial charge in [-0.3, -0.25) is 0 Å². The molecular weight excluding hydrogens is 280 g/mol. The molecule has 2 rings (SSSR count). The molecule has 0 aromatic carbocycles. The molecule has 0 bridgehead atoms. The quantitative estimate of drug-likeness (QED) is 0.388. The molecule has 2 saturated carbocycles. The summed E-state index contributed by atoms with van der Waals surface area (Å²) in [5.74, 6) is 3.06. The first-order valence-corrected chi connectivity index (χ1v) is 10.9. The third kappa shape index (κ3) is 7.59. The molecule has 0 atom stereocenters. The molecule has 23 heavy (non-hydrogen) atoms. The van der Waals surface area contributed by atoms with Crippen molar-refractivity contribution in [3.8, 4) is 0 Å². The first-order chi connectivity index (χ1) is 11.3. The molecule has 2 aliphatic carbocycles. The van der Waals surface area contributed by atoms with Crippen LogP contribution >= 0.6 is 0 Å². The van der Waals surface area contributed by atoms with Crippen LogP contribution in [0.5, 0.6) is 0 Å². The Morgan fingerprint density at radius 3 is 1.83 bits per heavy atom. The van der Waals surface area contributed by atoms with Crippen LogP contribution in [-0.2, 0) is 4.74 Å². The second-order valence-electron chi connectivity index (χ2n) is 8.45. The predicted molar refractivity (Wildman–Crippen MR) is 101 cm³/mol. The summed E-state index contributed by atoms with van der Waals surface area (Å²) in [5, 5.41) is 0. The summed E-state index contributed by atoms with van der Waals surface area (Å²) >= 11 is 0. The minimum absolute atomic E-state index is 0.591. The molecule has 0 aromatic heterocycles. The monoisotopic (exact) mass is 322 g/mol. The zero-order valence-corrected chi connectivity index (χ0v) is 16.0. The molecule has 1 nitrogen and oxygen atoms in total. The SMILES string of the molecule is CCCCC[C@H]1CC[C@H](OCCC[C@H]2CC[C@H](CC)CC2)CC1. The van der Waals surface area contributed by atoms with E-state index in [9.17, 15) is 0 Å². The molecule has 0 aromatic rings. The van der Waals surface area contributed by atoms with Crippen molar-refractivity contribution in [2.75, 3.05) is 6.61 Å². The molecule has 1 heteroatoms. The highest BCUT2D eigenvalue weighted by atomic mass is 16.5. The molecule has 0 spiro atoms. The summed E-state index contributed by atoms with van der Waals surface area (Å²) < 4.78 is 6.19. The van der Waals surface area contributed by atoms with Gasteiger partial charge in [-0.05, 0) is 56.3 Å². The molecule has 0 unspecified atom stereocenters. The van der Waals surface area contributed by atoms with Crippen molar-refractivity contribution in [1.82, 2.24) is 0 Å². The highest BCUT2D eigenvalue weighted by Gasteiger charge is 2.22. The zero-order valence-electron chi connectivity index (χ0n) is 16.0. The molecule has 136 valence electrons. The Hall–Kier alpha value is -0.0400. The Labute approximate surface area is 146 Å². The van der Waals surface area contributed by atoms with E-state index in [1.807, 2.05) is 0 Å². The Balaban J connectivity index is 1.45. The van der Waals surface area contributed by atoms with E-state index < -0.39 is 0 Å². The number of rotatable bonds is 10. The number of ether oxygens (including phenoxy) is 1. The van der Waals surface area contributed by atoms with Gasteiger partial charge in [0.25, 0.3) is 0 Å². The topological polar surface area (TPSA) is 9.23 Å². The Morgan fingerprint density at radius 2 is 1.22 bits per heavy atom. The summed E-state index contributed by atoms with van der Waals surface area (Å²) in [4.78, 5) is 0. The molecule has 0 amide bonds. The largest absolute Gasteiger partial charge is 0.378 e. The molecule has 0 radical (unpaired) electrons. The van der Waals surface area contributed by atoms with E-state index in [1.165, 1.54) is 96.3 Å². The molecule has 0 N–H and O–H groups in total. The van der Waals surface area contributed by atoms with Gasteiger partial charge in [-0.15, -0.1) is 0 Å². The van der Waals surface area contributed by atoms with Crippen molar-refractivity contribution in [2.24, 2.45) is 17.8 Å². The minimum Gasteiger partial charge on any atom is -0.378 e. The van der Waals surface area contributed by atoms with Crippen molar-refractivity contribution in [3.63, 3.8) is 0 Å². The summed E-state index contributed by atoms with van der Waals surface area (Å²) in [6, 6.07) is 0. The van der Waals surface area contributed by atoms with Crippen LogP contribution < -0.4 is 0 Å². The van der Waals surface area contributed by atoms with Crippen molar-refractivity contribution in [2.45, 2.75) is 116 Å². The van der Waals surface area contributed by atoms with Gasteiger partial charge in [0.15, 0.2) is 0 Å². The van der Waals surface area contributed by atoms with Crippen molar-refractivity contribution in [3.05, 3.63) is 0 Å². The van der Waals surface area contributed by atoms with Crippen LogP contribution in [0, 0.1) is 17.8 Å². The highest BCUT2D eigenvalue weighted by molar-refractivity contribution is 4.74. The Morgan fingerprint density at radius 1 is 0.652 bits per heavy atom. The van der Waals surface area contributed by atoms with Gasteiger partial charge in [-0.2, -0.15) is 0 Å². The van der Waals surface area contributed by atoms with E-state index in [0.29, 0.717) is 6.10 Å². The van der Waals surface area contributed by atoms with Gasteiger partial charge in [0.1, 0.15) is 0 Å². The summed E-state index contributed by atoms with van der Waals surface area (Å²) in [7, 11) is 0.